The van der Waals surface area contributed by atoms with Crippen LogP contribution in [-0.2, 0) is 32.9 Å². The molecule has 55 heavy (non-hydrogen) atoms. The first-order valence-corrected chi connectivity index (χ1v) is 20.7. The molecule has 288 valence electrons. The van der Waals surface area contributed by atoms with Gasteiger partial charge in [-0.2, -0.15) is 0 Å². The third kappa shape index (κ3) is 11.8. The Labute approximate surface area is 347 Å². The summed E-state index contributed by atoms with van der Waals surface area (Å²) in [6, 6.07) is 35.9. The molecule has 6 rings (SSSR count). The van der Waals surface area contributed by atoms with E-state index >= 15 is 0 Å². The minimum absolute atomic E-state index is 0. The van der Waals surface area contributed by atoms with E-state index in [0.717, 1.165) is 57.9 Å². The monoisotopic (exact) mass is 884 g/mol. The molecule has 0 aliphatic carbocycles. The molecular formula is C45H51Br2N4O3P. The Morgan fingerprint density at radius 2 is 0.873 bits per heavy atom. The van der Waals surface area contributed by atoms with E-state index in [1.807, 2.05) is 38.1 Å². The minimum atomic E-state index is -3.23. The highest BCUT2D eigenvalue weighted by Crippen LogP contribution is 2.51. The number of unbranched alkanes of at least 4 members (excludes halogenated alkanes) is 2. The normalized spacial score (nSPS) is 11.1. The van der Waals surface area contributed by atoms with Crippen LogP contribution >= 0.6 is 7.60 Å². The van der Waals surface area contributed by atoms with Crippen molar-refractivity contribution in [3.05, 3.63) is 133 Å². The van der Waals surface area contributed by atoms with Crippen LogP contribution in [0.1, 0.15) is 58.9 Å². The first kappa shape index (κ1) is 43.9. The second kappa shape index (κ2) is 21.5. The van der Waals surface area contributed by atoms with Gasteiger partial charge in [-0.1, -0.05) is 99.5 Å². The SMILES string of the molecule is CCCC[n+]1ccc(-c2ccc(-c3cc(-c4ccc(-c5cc[n+](CCCC)cc5)cc4)nc(-c4ccc(CP(=O)(OCC)OCC)cc4)n3)cc2)cc1.[Br-].[Br-]. The third-order valence-electron chi connectivity index (χ3n) is 9.32. The van der Waals surface area contributed by atoms with E-state index in [4.69, 9.17) is 19.0 Å². The van der Waals surface area contributed by atoms with Crippen molar-refractivity contribution in [2.24, 2.45) is 0 Å². The molecule has 0 atom stereocenters. The summed E-state index contributed by atoms with van der Waals surface area (Å²) in [6.07, 6.45) is 13.5. The van der Waals surface area contributed by atoms with Crippen LogP contribution in [0.5, 0.6) is 0 Å². The number of aromatic nitrogens is 4. The van der Waals surface area contributed by atoms with E-state index in [2.05, 4.69) is 127 Å². The van der Waals surface area contributed by atoms with E-state index in [1.54, 1.807) is 0 Å². The van der Waals surface area contributed by atoms with Gasteiger partial charge in [0.15, 0.2) is 30.6 Å². The van der Waals surface area contributed by atoms with Crippen LogP contribution in [0, 0.1) is 0 Å². The van der Waals surface area contributed by atoms with E-state index in [0.29, 0.717) is 19.0 Å². The van der Waals surface area contributed by atoms with Gasteiger partial charge in [-0.15, -0.1) is 0 Å². The quantitative estimate of drug-likeness (QED) is 0.0978. The summed E-state index contributed by atoms with van der Waals surface area (Å²) in [7, 11) is -3.23. The summed E-state index contributed by atoms with van der Waals surface area (Å²) in [4.78, 5) is 10.2. The lowest BCUT2D eigenvalue weighted by Gasteiger charge is -2.17. The number of hydrogen-bond acceptors (Lipinski definition) is 5. The standard InChI is InChI=1S/C45H51N4O3P.2BrH/c1-5-9-27-48-29-23-38(24-30-48)36-15-19-40(20-16-36)43-33-44(41-21-17-37(18-22-41)39-25-31-49(32-26-39)28-10-6-2)47-45(46-43)42-13-11-35(12-14-42)34-53(50,51-7-3)52-8-4;;/h11-26,29-33H,5-10,27-28,34H2,1-4H3;2*1H/q+2;;/p-2. The summed E-state index contributed by atoms with van der Waals surface area (Å²) >= 11 is 0. The van der Waals surface area contributed by atoms with Gasteiger partial charge in [0.2, 0.25) is 0 Å². The number of nitrogens with zero attached hydrogens (tertiary/aromatic N) is 4. The van der Waals surface area contributed by atoms with Crippen molar-refractivity contribution >= 4 is 7.60 Å². The molecule has 0 aliphatic rings. The van der Waals surface area contributed by atoms with Gasteiger partial charge in [-0.05, 0) is 47.7 Å². The molecule has 0 spiro atoms. The number of halogens is 2. The van der Waals surface area contributed by atoms with Crippen LogP contribution in [0.15, 0.2) is 128 Å². The first-order chi connectivity index (χ1) is 25.9. The van der Waals surface area contributed by atoms with Crippen LogP contribution in [0.25, 0.3) is 56.2 Å². The van der Waals surface area contributed by atoms with Gasteiger partial charge in [0.1, 0.15) is 13.1 Å². The van der Waals surface area contributed by atoms with Gasteiger partial charge in [-0.3, -0.25) is 4.57 Å². The van der Waals surface area contributed by atoms with Crippen molar-refractivity contribution in [2.75, 3.05) is 13.2 Å². The van der Waals surface area contributed by atoms with Crippen molar-refractivity contribution in [1.82, 2.24) is 9.97 Å². The van der Waals surface area contributed by atoms with Crippen molar-refractivity contribution in [2.45, 2.75) is 72.6 Å². The molecule has 0 N–H and O–H groups in total. The van der Waals surface area contributed by atoms with Gasteiger partial charge in [-0.25, -0.2) is 19.1 Å². The van der Waals surface area contributed by atoms with Gasteiger partial charge < -0.3 is 43.0 Å². The largest absolute Gasteiger partial charge is 1.00 e. The molecule has 0 saturated heterocycles. The first-order valence-electron chi connectivity index (χ1n) is 19.0. The summed E-state index contributed by atoms with van der Waals surface area (Å²) in [5.41, 5.74) is 10.1. The molecule has 6 aromatic rings. The fourth-order valence-electron chi connectivity index (χ4n) is 6.32. The van der Waals surface area contributed by atoms with Gasteiger partial charge in [0.25, 0.3) is 0 Å². The summed E-state index contributed by atoms with van der Waals surface area (Å²) in [6.45, 7) is 10.8. The highest BCUT2D eigenvalue weighted by molar-refractivity contribution is 7.53. The Bertz CT molecular complexity index is 1990. The fourth-order valence-corrected chi connectivity index (χ4v) is 8.02. The summed E-state index contributed by atoms with van der Waals surface area (Å²) in [5, 5.41) is 0. The maximum absolute atomic E-state index is 13.2. The Balaban J connectivity index is 0.00000336. The number of benzene rings is 3. The van der Waals surface area contributed by atoms with E-state index in [-0.39, 0.29) is 40.1 Å². The second-order valence-corrected chi connectivity index (χ2v) is 15.3. The lowest BCUT2D eigenvalue weighted by molar-refractivity contribution is -0.697. The fraction of sp³-hybridized carbons (Fsp3) is 0.289. The molecule has 0 amide bonds. The van der Waals surface area contributed by atoms with Gasteiger partial charge >= 0.3 is 7.60 Å². The van der Waals surface area contributed by atoms with Crippen LogP contribution < -0.4 is 43.1 Å². The number of rotatable bonds is 17. The van der Waals surface area contributed by atoms with Crippen LogP contribution in [0.2, 0.25) is 0 Å². The topological polar surface area (TPSA) is 69.1 Å². The molecule has 0 aliphatic heterocycles. The molecule has 3 aromatic carbocycles. The maximum Gasteiger partial charge on any atom is 0.335 e. The molecule has 0 fully saturated rings. The maximum atomic E-state index is 13.2. The summed E-state index contributed by atoms with van der Waals surface area (Å²) in [5.74, 6) is 0.620. The molecule has 3 heterocycles. The Morgan fingerprint density at radius 3 is 1.25 bits per heavy atom. The number of pyridine rings is 2. The van der Waals surface area contributed by atoms with Crippen LogP contribution in [-0.4, -0.2) is 23.2 Å². The number of hydrogen-bond donors (Lipinski definition) is 0. The van der Waals surface area contributed by atoms with E-state index < -0.39 is 7.60 Å². The molecular weight excluding hydrogens is 835 g/mol. The van der Waals surface area contributed by atoms with Crippen molar-refractivity contribution in [3.63, 3.8) is 0 Å². The zero-order chi connectivity index (χ0) is 37.0. The average Bonchev–Trinajstić information content (AvgIpc) is 3.20. The Hall–Kier alpha value is -3.85. The minimum Gasteiger partial charge on any atom is -1.00 e. The molecule has 0 saturated carbocycles. The Morgan fingerprint density at radius 1 is 0.509 bits per heavy atom. The van der Waals surface area contributed by atoms with Crippen LogP contribution in [0.4, 0.5) is 0 Å². The van der Waals surface area contributed by atoms with E-state index in [1.165, 1.54) is 36.8 Å². The predicted molar refractivity (Wildman–Crippen MR) is 214 cm³/mol. The van der Waals surface area contributed by atoms with E-state index in [9.17, 15) is 4.57 Å². The second-order valence-electron chi connectivity index (χ2n) is 13.3. The number of aryl methyl sites for hydroxylation is 2. The lowest BCUT2D eigenvalue weighted by Crippen LogP contribution is -3.00. The molecule has 0 unspecified atom stereocenters. The van der Waals surface area contributed by atoms with Crippen LogP contribution in [0.3, 0.4) is 0 Å². The lowest BCUT2D eigenvalue weighted by atomic mass is 10.0. The van der Waals surface area contributed by atoms with Gasteiger partial charge in [0, 0.05) is 53.8 Å². The molecule has 7 nitrogen and oxygen atoms in total. The smallest absolute Gasteiger partial charge is 0.335 e. The van der Waals surface area contributed by atoms with Crippen molar-refractivity contribution in [1.29, 1.82) is 0 Å². The molecule has 0 bridgehead atoms. The predicted octanol–water partition coefficient (Wildman–Crippen LogP) is 4.76. The average molecular weight is 887 g/mol. The molecule has 0 radical (unpaired) electrons. The highest BCUT2D eigenvalue weighted by Gasteiger charge is 2.24. The van der Waals surface area contributed by atoms with Gasteiger partial charge in [0.05, 0.1) is 30.8 Å². The summed E-state index contributed by atoms with van der Waals surface area (Å²) < 4.78 is 28.8. The third-order valence-corrected chi connectivity index (χ3v) is 11.4. The van der Waals surface area contributed by atoms with Crippen molar-refractivity contribution in [3.8, 4) is 56.2 Å². The zero-order valence-corrected chi connectivity index (χ0v) is 36.3. The Kier molecular flexibility index (Phi) is 17.1. The van der Waals surface area contributed by atoms with Crippen molar-refractivity contribution < 1.29 is 56.7 Å². The molecule has 3 aromatic heterocycles. The zero-order valence-electron chi connectivity index (χ0n) is 32.2. The molecule has 10 heteroatoms. The highest BCUT2D eigenvalue weighted by atomic mass is 79.9.